The maximum absolute atomic E-state index is 12.6. The molecule has 1 aliphatic heterocycles. The fraction of sp³-hybridized carbons (Fsp3) is 0.600. The van der Waals surface area contributed by atoms with Crippen LogP contribution in [0.15, 0.2) is 24.3 Å². The molecule has 1 saturated carbocycles. The standard InChI is InChI=1S/C20H29N3O2/c21-18-9-5-4-8-17(18)20(25)23-14-12-22(13-15-23)19(24)11-10-16-6-2-1-3-7-16/h4-5,8-9,16H,1-3,6-7,10-15,21H2. The number of carbonyl (C=O) groups is 2. The van der Waals surface area contributed by atoms with E-state index in [1.165, 1.54) is 32.1 Å². The Morgan fingerprint density at radius 1 is 0.960 bits per heavy atom. The third kappa shape index (κ3) is 4.53. The second-order valence-corrected chi connectivity index (χ2v) is 7.30. The normalized spacial score (nSPS) is 19.0. The summed E-state index contributed by atoms with van der Waals surface area (Å²) in [4.78, 5) is 28.7. The number of carbonyl (C=O) groups excluding carboxylic acids is 2. The van der Waals surface area contributed by atoms with E-state index < -0.39 is 0 Å². The zero-order valence-corrected chi connectivity index (χ0v) is 15.0. The lowest BCUT2D eigenvalue weighted by Crippen LogP contribution is -2.50. The molecule has 0 spiro atoms. The first kappa shape index (κ1) is 17.8. The van der Waals surface area contributed by atoms with Crippen molar-refractivity contribution < 1.29 is 9.59 Å². The number of para-hydroxylation sites is 1. The number of anilines is 1. The molecule has 2 aliphatic rings. The van der Waals surface area contributed by atoms with E-state index in [2.05, 4.69) is 0 Å². The number of hydrogen-bond acceptors (Lipinski definition) is 3. The van der Waals surface area contributed by atoms with Gasteiger partial charge in [-0.2, -0.15) is 0 Å². The zero-order valence-electron chi connectivity index (χ0n) is 15.0. The van der Waals surface area contributed by atoms with E-state index in [-0.39, 0.29) is 11.8 Å². The molecule has 1 aromatic carbocycles. The van der Waals surface area contributed by atoms with E-state index in [1.807, 2.05) is 17.0 Å². The van der Waals surface area contributed by atoms with Crippen molar-refractivity contribution >= 4 is 17.5 Å². The van der Waals surface area contributed by atoms with Gasteiger partial charge in [-0.05, 0) is 24.5 Å². The van der Waals surface area contributed by atoms with Gasteiger partial charge < -0.3 is 15.5 Å². The van der Waals surface area contributed by atoms with Crippen molar-refractivity contribution in [1.29, 1.82) is 0 Å². The van der Waals surface area contributed by atoms with Gasteiger partial charge in [0, 0.05) is 38.3 Å². The SMILES string of the molecule is Nc1ccccc1C(=O)N1CCN(C(=O)CCC2CCCCC2)CC1. The highest BCUT2D eigenvalue weighted by Gasteiger charge is 2.26. The summed E-state index contributed by atoms with van der Waals surface area (Å²) in [5.74, 6) is 0.950. The first-order valence-corrected chi connectivity index (χ1v) is 9.56. The van der Waals surface area contributed by atoms with Crippen molar-refractivity contribution in [3.63, 3.8) is 0 Å². The molecular weight excluding hydrogens is 314 g/mol. The van der Waals surface area contributed by atoms with E-state index >= 15 is 0 Å². The lowest BCUT2D eigenvalue weighted by Gasteiger charge is -2.35. The van der Waals surface area contributed by atoms with Gasteiger partial charge in [0.15, 0.2) is 0 Å². The number of nitrogens with two attached hydrogens (primary N) is 1. The Bertz CT molecular complexity index is 603. The molecule has 3 rings (SSSR count). The predicted octanol–water partition coefficient (Wildman–Crippen LogP) is 2.91. The highest BCUT2D eigenvalue weighted by Crippen LogP contribution is 2.27. The van der Waals surface area contributed by atoms with Gasteiger partial charge in [0.25, 0.3) is 5.91 Å². The molecule has 0 radical (unpaired) electrons. The highest BCUT2D eigenvalue weighted by molar-refractivity contribution is 5.99. The van der Waals surface area contributed by atoms with Crippen LogP contribution in [0.3, 0.4) is 0 Å². The van der Waals surface area contributed by atoms with E-state index in [1.54, 1.807) is 17.0 Å². The van der Waals surface area contributed by atoms with Crippen LogP contribution in [0.4, 0.5) is 5.69 Å². The Morgan fingerprint density at radius 2 is 1.60 bits per heavy atom. The minimum atomic E-state index is -0.0348. The number of benzene rings is 1. The molecule has 1 heterocycles. The third-order valence-electron chi connectivity index (χ3n) is 5.60. The van der Waals surface area contributed by atoms with Crippen LogP contribution in [0.2, 0.25) is 0 Å². The molecule has 2 fully saturated rings. The van der Waals surface area contributed by atoms with Crippen molar-refractivity contribution in [3.05, 3.63) is 29.8 Å². The Hall–Kier alpha value is -2.04. The molecule has 0 bridgehead atoms. The molecule has 0 atom stereocenters. The lowest BCUT2D eigenvalue weighted by molar-refractivity contribution is -0.133. The topological polar surface area (TPSA) is 66.6 Å². The lowest BCUT2D eigenvalue weighted by atomic mass is 9.86. The summed E-state index contributed by atoms with van der Waals surface area (Å²) in [5, 5.41) is 0. The number of nitrogens with zero attached hydrogens (tertiary/aromatic N) is 2. The van der Waals surface area contributed by atoms with Crippen LogP contribution in [-0.4, -0.2) is 47.8 Å². The number of rotatable bonds is 4. The minimum Gasteiger partial charge on any atom is -0.398 e. The van der Waals surface area contributed by atoms with Gasteiger partial charge in [-0.1, -0.05) is 44.2 Å². The Balaban J connectivity index is 1.45. The van der Waals surface area contributed by atoms with Crippen molar-refractivity contribution in [2.45, 2.75) is 44.9 Å². The van der Waals surface area contributed by atoms with Crippen molar-refractivity contribution in [2.24, 2.45) is 5.92 Å². The average Bonchev–Trinajstić information content (AvgIpc) is 2.67. The van der Waals surface area contributed by atoms with Crippen LogP contribution in [0, 0.1) is 5.92 Å². The molecule has 1 aromatic rings. The van der Waals surface area contributed by atoms with E-state index in [4.69, 9.17) is 5.73 Å². The average molecular weight is 343 g/mol. The summed E-state index contributed by atoms with van der Waals surface area (Å²) in [5.41, 5.74) is 6.97. The van der Waals surface area contributed by atoms with Crippen LogP contribution in [0.25, 0.3) is 0 Å². The highest BCUT2D eigenvalue weighted by atomic mass is 16.2. The number of nitrogen functional groups attached to an aromatic ring is 1. The zero-order chi connectivity index (χ0) is 17.6. The van der Waals surface area contributed by atoms with Crippen LogP contribution < -0.4 is 5.73 Å². The molecular formula is C20H29N3O2. The van der Waals surface area contributed by atoms with Gasteiger partial charge >= 0.3 is 0 Å². The molecule has 2 N–H and O–H groups in total. The monoisotopic (exact) mass is 343 g/mol. The third-order valence-corrected chi connectivity index (χ3v) is 5.60. The first-order valence-electron chi connectivity index (χ1n) is 9.56. The van der Waals surface area contributed by atoms with Crippen LogP contribution in [0.5, 0.6) is 0 Å². The number of amides is 2. The molecule has 1 saturated heterocycles. The van der Waals surface area contributed by atoms with Gasteiger partial charge in [-0.25, -0.2) is 0 Å². The molecule has 25 heavy (non-hydrogen) atoms. The summed E-state index contributed by atoms with van der Waals surface area (Å²) < 4.78 is 0. The molecule has 0 aromatic heterocycles. The quantitative estimate of drug-likeness (QED) is 0.855. The van der Waals surface area contributed by atoms with Gasteiger partial charge in [0.2, 0.25) is 5.91 Å². The van der Waals surface area contributed by atoms with Crippen molar-refractivity contribution in [2.75, 3.05) is 31.9 Å². The summed E-state index contributed by atoms with van der Waals surface area (Å²) in [6.45, 7) is 2.43. The van der Waals surface area contributed by atoms with Gasteiger partial charge in [-0.15, -0.1) is 0 Å². The first-order chi connectivity index (χ1) is 12.1. The number of hydrogen-bond donors (Lipinski definition) is 1. The summed E-state index contributed by atoms with van der Waals surface area (Å²) in [6, 6.07) is 7.17. The second-order valence-electron chi connectivity index (χ2n) is 7.30. The van der Waals surface area contributed by atoms with Crippen molar-refractivity contribution in [3.8, 4) is 0 Å². The van der Waals surface area contributed by atoms with Crippen LogP contribution in [-0.2, 0) is 4.79 Å². The van der Waals surface area contributed by atoms with Crippen LogP contribution >= 0.6 is 0 Å². The Morgan fingerprint density at radius 3 is 2.28 bits per heavy atom. The van der Waals surface area contributed by atoms with E-state index in [9.17, 15) is 9.59 Å². The summed E-state index contributed by atoms with van der Waals surface area (Å²) >= 11 is 0. The molecule has 0 unspecified atom stereocenters. The minimum absolute atomic E-state index is 0.0348. The second kappa shape index (κ2) is 8.37. The van der Waals surface area contributed by atoms with E-state index in [0.29, 0.717) is 43.9 Å². The molecule has 5 nitrogen and oxygen atoms in total. The predicted molar refractivity (Wildman–Crippen MR) is 99.1 cm³/mol. The van der Waals surface area contributed by atoms with Gasteiger partial charge in [0.05, 0.1) is 5.56 Å². The number of piperazine rings is 1. The van der Waals surface area contributed by atoms with Crippen LogP contribution in [0.1, 0.15) is 55.3 Å². The molecule has 2 amide bonds. The smallest absolute Gasteiger partial charge is 0.256 e. The Labute approximate surface area is 150 Å². The summed E-state index contributed by atoms with van der Waals surface area (Å²) in [7, 11) is 0. The van der Waals surface area contributed by atoms with Crippen molar-refractivity contribution in [1.82, 2.24) is 9.80 Å². The molecule has 5 heteroatoms. The molecule has 136 valence electrons. The van der Waals surface area contributed by atoms with Gasteiger partial charge in [0.1, 0.15) is 0 Å². The molecule has 1 aliphatic carbocycles. The fourth-order valence-electron chi connectivity index (χ4n) is 3.98. The largest absolute Gasteiger partial charge is 0.398 e. The maximum Gasteiger partial charge on any atom is 0.256 e. The Kier molecular flexibility index (Phi) is 5.95. The summed E-state index contributed by atoms with van der Waals surface area (Å²) in [6.07, 6.45) is 8.25. The maximum atomic E-state index is 12.6. The fourth-order valence-corrected chi connectivity index (χ4v) is 3.98. The van der Waals surface area contributed by atoms with Gasteiger partial charge in [-0.3, -0.25) is 9.59 Å². The van der Waals surface area contributed by atoms with E-state index in [0.717, 1.165) is 12.3 Å².